The molecule has 0 aliphatic carbocycles. The van der Waals surface area contributed by atoms with Gasteiger partial charge in [0, 0.05) is 12.6 Å². The third kappa shape index (κ3) is 3.39. The molecule has 0 saturated heterocycles. The van der Waals surface area contributed by atoms with Crippen molar-refractivity contribution in [2.24, 2.45) is 0 Å². The third-order valence-corrected chi connectivity index (χ3v) is 2.78. The van der Waals surface area contributed by atoms with Crippen molar-refractivity contribution in [1.82, 2.24) is 20.3 Å². The largest absolute Gasteiger partial charge is 0.309 e. The molecule has 0 unspecified atom stereocenters. The van der Waals surface area contributed by atoms with Crippen molar-refractivity contribution < 1.29 is 0 Å². The van der Waals surface area contributed by atoms with E-state index in [0.717, 1.165) is 23.5 Å². The number of hydrogen-bond acceptors (Lipinski definition) is 4. The van der Waals surface area contributed by atoms with E-state index < -0.39 is 0 Å². The Morgan fingerprint density at radius 2 is 2.05 bits per heavy atom. The molecular formula is C14H17N5. The number of rotatable bonds is 5. The smallest absolute Gasteiger partial charge is 0.0783 e. The van der Waals surface area contributed by atoms with Crippen molar-refractivity contribution in [3.05, 3.63) is 41.7 Å². The predicted molar refractivity (Wildman–Crippen MR) is 72.7 cm³/mol. The molecule has 1 N–H and O–H groups in total. The first kappa shape index (κ1) is 13.2. The summed E-state index contributed by atoms with van der Waals surface area (Å²) >= 11 is 0. The summed E-state index contributed by atoms with van der Waals surface area (Å²) in [5, 5.41) is 20.1. The Bertz CT molecular complexity index is 562. The van der Waals surface area contributed by atoms with Crippen molar-refractivity contribution in [2.45, 2.75) is 32.9 Å². The van der Waals surface area contributed by atoms with E-state index in [1.54, 1.807) is 6.20 Å². The van der Waals surface area contributed by atoms with Crippen molar-refractivity contribution in [3.8, 4) is 11.8 Å². The van der Waals surface area contributed by atoms with E-state index >= 15 is 0 Å². The summed E-state index contributed by atoms with van der Waals surface area (Å²) in [7, 11) is 0. The van der Waals surface area contributed by atoms with Gasteiger partial charge in [0.1, 0.15) is 0 Å². The number of nitriles is 1. The summed E-state index contributed by atoms with van der Waals surface area (Å²) in [6, 6.07) is 10.4. The topological polar surface area (TPSA) is 66.5 Å². The van der Waals surface area contributed by atoms with Gasteiger partial charge in [-0.3, -0.25) is 0 Å². The van der Waals surface area contributed by atoms with E-state index in [-0.39, 0.29) is 0 Å². The second-order valence-corrected chi connectivity index (χ2v) is 4.67. The molecule has 2 aromatic rings. The summed E-state index contributed by atoms with van der Waals surface area (Å²) in [5.74, 6) is 0. The molecule has 0 bridgehead atoms. The quantitative estimate of drug-likeness (QED) is 0.885. The Labute approximate surface area is 112 Å². The van der Waals surface area contributed by atoms with Crippen LogP contribution < -0.4 is 5.32 Å². The van der Waals surface area contributed by atoms with Gasteiger partial charge in [-0.2, -0.15) is 5.26 Å². The average molecular weight is 255 g/mol. The number of nitrogens with zero attached hydrogens (tertiary/aromatic N) is 4. The highest BCUT2D eigenvalue weighted by Gasteiger charge is 2.06. The molecule has 0 aliphatic heterocycles. The molecule has 5 heteroatoms. The lowest BCUT2D eigenvalue weighted by Crippen LogP contribution is -2.23. The molecule has 1 aromatic heterocycles. The lowest BCUT2D eigenvalue weighted by Gasteiger charge is -2.09. The van der Waals surface area contributed by atoms with Gasteiger partial charge in [-0.25, -0.2) is 4.68 Å². The van der Waals surface area contributed by atoms with Gasteiger partial charge in [-0.15, -0.1) is 5.10 Å². The van der Waals surface area contributed by atoms with Crippen LogP contribution in [-0.2, 0) is 13.0 Å². The van der Waals surface area contributed by atoms with Crippen LogP contribution in [0.5, 0.6) is 0 Å². The first-order chi connectivity index (χ1) is 9.20. The Kier molecular flexibility index (Phi) is 4.26. The van der Waals surface area contributed by atoms with Crippen molar-refractivity contribution in [1.29, 1.82) is 5.26 Å². The zero-order valence-electron chi connectivity index (χ0n) is 11.2. The van der Waals surface area contributed by atoms with Gasteiger partial charge >= 0.3 is 0 Å². The molecule has 0 atom stereocenters. The minimum absolute atomic E-state index is 0.418. The highest BCUT2D eigenvalue weighted by molar-refractivity contribution is 5.35. The second-order valence-electron chi connectivity index (χ2n) is 4.67. The van der Waals surface area contributed by atoms with E-state index in [4.69, 9.17) is 5.26 Å². The van der Waals surface area contributed by atoms with E-state index in [9.17, 15) is 0 Å². The van der Waals surface area contributed by atoms with Gasteiger partial charge in [-0.1, -0.05) is 31.2 Å². The molecule has 2 rings (SSSR count). The van der Waals surface area contributed by atoms with Crippen LogP contribution in [0.4, 0.5) is 0 Å². The molecule has 0 amide bonds. The summed E-state index contributed by atoms with van der Waals surface area (Å²) in [4.78, 5) is 0. The Morgan fingerprint density at radius 3 is 2.68 bits per heavy atom. The van der Waals surface area contributed by atoms with Crippen LogP contribution in [0, 0.1) is 11.3 Å². The summed E-state index contributed by atoms with van der Waals surface area (Å²) in [5.41, 5.74) is 2.98. The molecule has 19 heavy (non-hydrogen) atoms. The van der Waals surface area contributed by atoms with E-state index in [1.165, 1.54) is 0 Å². The van der Waals surface area contributed by atoms with Gasteiger partial charge in [0.05, 0.1) is 30.1 Å². The number of benzene rings is 1. The van der Waals surface area contributed by atoms with Crippen LogP contribution in [-0.4, -0.2) is 21.0 Å². The standard InChI is InChI=1S/C14H17N5/c1-11(2)16-9-14-10-17-18-19(14)13-5-3-12(4-6-13)7-8-15/h3-6,10-11,16H,7,9H2,1-2H3. The molecule has 1 heterocycles. The summed E-state index contributed by atoms with van der Waals surface area (Å²) in [6.45, 7) is 4.93. The molecule has 0 radical (unpaired) electrons. The van der Waals surface area contributed by atoms with Crippen LogP contribution in [0.1, 0.15) is 25.1 Å². The SMILES string of the molecule is CC(C)NCc1cnnn1-c1ccc(CC#N)cc1. The van der Waals surface area contributed by atoms with E-state index in [1.807, 2.05) is 28.9 Å². The minimum atomic E-state index is 0.418. The summed E-state index contributed by atoms with van der Waals surface area (Å²) in [6.07, 6.45) is 2.19. The fraction of sp³-hybridized carbons (Fsp3) is 0.357. The molecule has 0 fully saturated rings. The Morgan fingerprint density at radius 1 is 1.32 bits per heavy atom. The van der Waals surface area contributed by atoms with E-state index in [0.29, 0.717) is 12.5 Å². The zero-order chi connectivity index (χ0) is 13.7. The zero-order valence-corrected chi connectivity index (χ0v) is 11.2. The molecular weight excluding hydrogens is 238 g/mol. The maximum absolute atomic E-state index is 8.65. The molecule has 0 spiro atoms. The molecule has 98 valence electrons. The van der Waals surface area contributed by atoms with E-state index in [2.05, 4.69) is 35.5 Å². The van der Waals surface area contributed by atoms with Crippen LogP contribution in [0.3, 0.4) is 0 Å². The predicted octanol–water partition coefficient (Wildman–Crippen LogP) is 1.83. The average Bonchev–Trinajstić information content (AvgIpc) is 2.86. The number of hydrogen-bond donors (Lipinski definition) is 1. The highest BCUT2D eigenvalue weighted by Crippen LogP contribution is 2.11. The van der Waals surface area contributed by atoms with Gasteiger partial charge in [-0.05, 0) is 17.7 Å². The second kappa shape index (κ2) is 6.12. The maximum Gasteiger partial charge on any atom is 0.0783 e. The normalized spacial score (nSPS) is 10.6. The fourth-order valence-electron chi connectivity index (χ4n) is 1.75. The van der Waals surface area contributed by atoms with Gasteiger partial charge in [0.2, 0.25) is 0 Å². The summed E-state index contributed by atoms with van der Waals surface area (Å²) < 4.78 is 1.81. The molecule has 1 aromatic carbocycles. The molecule has 5 nitrogen and oxygen atoms in total. The third-order valence-electron chi connectivity index (χ3n) is 2.78. The van der Waals surface area contributed by atoms with Gasteiger partial charge in [0.25, 0.3) is 0 Å². The van der Waals surface area contributed by atoms with Crippen LogP contribution in [0.25, 0.3) is 5.69 Å². The minimum Gasteiger partial charge on any atom is -0.309 e. The lowest BCUT2D eigenvalue weighted by molar-refractivity contribution is 0.570. The monoisotopic (exact) mass is 255 g/mol. The first-order valence-corrected chi connectivity index (χ1v) is 6.30. The number of nitrogens with one attached hydrogen (secondary N) is 1. The van der Waals surface area contributed by atoms with Crippen molar-refractivity contribution in [2.75, 3.05) is 0 Å². The van der Waals surface area contributed by atoms with Crippen LogP contribution >= 0.6 is 0 Å². The lowest BCUT2D eigenvalue weighted by atomic mass is 10.1. The first-order valence-electron chi connectivity index (χ1n) is 6.30. The van der Waals surface area contributed by atoms with Crippen LogP contribution in [0.2, 0.25) is 0 Å². The molecule has 0 saturated carbocycles. The van der Waals surface area contributed by atoms with Crippen LogP contribution in [0.15, 0.2) is 30.5 Å². The van der Waals surface area contributed by atoms with Crippen molar-refractivity contribution in [3.63, 3.8) is 0 Å². The van der Waals surface area contributed by atoms with Gasteiger partial charge < -0.3 is 5.32 Å². The van der Waals surface area contributed by atoms with Gasteiger partial charge in [0.15, 0.2) is 0 Å². The molecule has 0 aliphatic rings. The highest BCUT2D eigenvalue weighted by atomic mass is 15.4. The van der Waals surface area contributed by atoms with Crippen molar-refractivity contribution >= 4 is 0 Å². The Hall–Kier alpha value is -2.19. The fourth-order valence-corrected chi connectivity index (χ4v) is 1.75. The Balaban J connectivity index is 2.17. The maximum atomic E-state index is 8.65. The number of aromatic nitrogens is 3.